The van der Waals surface area contributed by atoms with E-state index in [9.17, 15) is 8.42 Å². The molecule has 238 valence electrons. The Morgan fingerprint density at radius 3 is 1.67 bits per heavy atom. The third-order valence-electron chi connectivity index (χ3n) is 9.47. The van der Waals surface area contributed by atoms with Gasteiger partial charge in [-0.25, -0.2) is 8.42 Å². The van der Waals surface area contributed by atoms with Crippen molar-refractivity contribution >= 4 is 48.7 Å². The van der Waals surface area contributed by atoms with Crippen LogP contribution in [0.1, 0.15) is 11.1 Å². The molecular formula is C44H34N2O2S. The van der Waals surface area contributed by atoms with Crippen LogP contribution in [0.25, 0.3) is 38.6 Å². The third kappa shape index (κ3) is 5.29. The first-order chi connectivity index (χ1) is 23.9. The summed E-state index contributed by atoms with van der Waals surface area (Å²) in [6, 6.07) is 56.4. The highest BCUT2D eigenvalue weighted by molar-refractivity contribution is 7.91. The van der Waals surface area contributed by atoms with Gasteiger partial charge >= 0.3 is 0 Å². The quantitative estimate of drug-likeness (QED) is 0.172. The molecule has 0 aliphatic heterocycles. The second-order valence-corrected chi connectivity index (χ2v) is 14.2. The first-order valence-corrected chi connectivity index (χ1v) is 17.8. The van der Waals surface area contributed by atoms with Gasteiger partial charge in [-0.15, -0.1) is 0 Å². The number of nitrogens with zero attached hydrogens (tertiary/aromatic N) is 2. The highest BCUT2D eigenvalue weighted by Crippen LogP contribution is 2.41. The Morgan fingerprint density at radius 1 is 0.469 bits per heavy atom. The fourth-order valence-corrected chi connectivity index (χ4v) is 8.15. The van der Waals surface area contributed by atoms with Crippen molar-refractivity contribution in [2.45, 2.75) is 23.6 Å². The van der Waals surface area contributed by atoms with Crippen LogP contribution in [0.5, 0.6) is 0 Å². The molecule has 8 aromatic rings. The molecular weight excluding hydrogens is 621 g/mol. The molecule has 0 atom stereocenters. The summed E-state index contributed by atoms with van der Waals surface area (Å²) in [5, 5.41) is 2.37. The second kappa shape index (κ2) is 12.3. The van der Waals surface area contributed by atoms with Crippen LogP contribution in [0.4, 0.5) is 17.1 Å². The minimum absolute atomic E-state index is 0.288. The summed E-state index contributed by atoms with van der Waals surface area (Å²) in [6.07, 6.45) is 0. The van der Waals surface area contributed by atoms with Crippen LogP contribution >= 0.6 is 0 Å². The molecule has 49 heavy (non-hydrogen) atoms. The second-order valence-electron chi connectivity index (χ2n) is 12.3. The predicted molar refractivity (Wildman–Crippen MR) is 202 cm³/mol. The zero-order valence-electron chi connectivity index (χ0n) is 27.3. The fourth-order valence-electron chi connectivity index (χ4n) is 6.87. The Morgan fingerprint density at radius 2 is 1.02 bits per heavy atom. The smallest absolute Gasteiger partial charge is 0.206 e. The van der Waals surface area contributed by atoms with Crippen molar-refractivity contribution in [1.29, 1.82) is 0 Å². The van der Waals surface area contributed by atoms with Gasteiger partial charge in [0.15, 0.2) is 0 Å². The molecule has 4 nitrogen and oxygen atoms in total. The number of hydrogen-bond acceptors (Lipinski definition) is 3. The maximum Gasteiger partial charge on any atom is 0.206 e. The number of anilines is 3. The van der Waals surface area contributed by atoms with E-state index in [0.29, 0.717) is 4.90 Å². The van der Waals surface area contributed by atoms with Crippen molar-refractivity contribution < 1.29 is 8.42 Å². The van der Waals surface area contributed by atoms with Crippen molar-refractivity contribution in [3.63, 3.8) is 0 Å². The van der Waals surface area contributed by atoms with Gasteiger partial charge in [-0.1, -0.05) is 91.0 Å². The highest BCUT2D eigenvalue weighted by Gasteiger charge is 2.20. The molecule has 0 spiro atoms. The minimum Gasteiger partial charge on any atom is -0.310 e. The Kier molecular flexibility index (Phi) is 7.62. The first kappa shape index (κ1) is 30.4. The van der Waals surface area contributed by atoms with E-state index in [2.05, 4.69) is 126 Å². The van der Waals surface area contributed by atoms with Gasteiger partial charge in [0.1, 0.15) is 0 Å². The normalized spacial score (nSPS) is 11.6. The van der Waals surface area contributed by atoms with Gasteiger partial charge in [0, 0.05) is 33.5 Å². The van der Waals surface area contributed by atoms with E-state index in [1.165, 1.54) is 16.3 Å². The molecule has 1 aromatic heterocycles. The molecule has 0 saturated heterocycles. The zero-order valence-corrected chi connectivity index (χ0v) is 28.1. The number of rotatable bonds is 7. The van der Waals surface area contributed by atoms with E-state index in [1.807, 2.05) is 30.3 Å². The predicted octanol–water partition coefficient (Wildman–Crippen LogP) is 11.4. The highest BCUT2D eigenvalue weighted by atomic mass is 32.2. The van der Waals surface area contributed by atoms with Gasteiger partial charge in [0.05, 0.1) is 20.8 Å². The van der Waals surface area contributed by atoms with Gasteiger partial charge in [0.25, 0.3) is 0 Å². The fraction of sp³-hybridized carbons (Fsp3) is 0.0455. The largest absolute Gasteiger partial charge is 0.310 e. The van der Waals surface area contributed by atoms with E-state index in [0.717, 1.165) is 50.5 Å². The van der Waals surface area contributed by atoms with E-state index in [1.54, 1.807) is 36.4 Å². The molecule has 8 rings (SSSR count). The molecule has 0 aliphatic carbocycles. The van der Waals surface area contributed by atoms with Crippen LogP contribution in [0.3, 0.4) is 0 Å². The summed E-state index contributed by atoms with van der Waals surface area (Å²) in [4.78, 5) is 2.88. The Balaban J connectivity index is 1.22. The van der Waals surface area contributed by atoms with Crippen LogP contribution in [0, 0.1) is 13.8 Å². The molecule has 0 amide bonds. The number of sulfone groups is 1. The molecule has 0 bridgehead atoms. The van der Waals surface area contributed by atoms with Crippen molar-refractivity contribution in [2.24, 2.45) is 0 Å². The van der Waals surface area contributed by atoms with Gasteiger partial charge in [0.2, 0.25) is 9.84 Å². The Hall–Kier alpha value is -5.91. The number of benzene rings is 7. The molecule has 0 aliphatic rings. The number of hydrogen-bond donors (Lipinski definition) is 0. The van der Waals surface area contributed by atoms with E-state index in [4.69, 9.17) is 0 Å². The molecule has 0 N–H and O–H groups in total. The third-order valence-corrected chi connectivity index (χ3v) is 11.3. The lowest BCUT2D eigenvalue weighted by Gasteiger charge is -2.25. The lowest BCUT2D eigenvalue weighted by molar-refractivity contribution is 0.596. The van der Waals surface area contributed by atoms with E-state index >= 15 is 0 Å². The summed E-state index contributed by atoms with van der Waals surface area (Å²) in [7, 11) is -3.58. The summed E-state index contributed by atoms with van der Waals surface area (Å²) >= 11 is 0. The van der Waals surface area contributed by atoms with Gasteiger partial charge in [-0.2, -0.15) is 0 Å². The summed E-state index contributed by atoms with van der Waals surface area (Å²) in [5.41, 5.74) is 11.1. The standard InChI is InChI=1S/C44H34N2O2S/c1-31-32(2)42(29-27-39(31)33-22-25-38(26-23-33)49(47,48)37-18-10-5-11-19-37)46-43-21-13-12-20-40(43)41-30-36(24-28-44(41)46)45(34-14-6-3-7-15-34)35-16-8-4-9-17-35/h3-30H,1-2H3. The van der Waals surface area contributed by atoms with Gasteiger partial charge < -0.3 is 9.47 Å². The summed E-state index contributed by atoms with van der Waals surface area (Å²) in [6.45, 7) is 4.32. The Bertz CT molecular complexity index is 2520. The van der Waals surface area contributed by atoms with Crippen LogP contribution in [0.15, 0.2) is 180 Å². The topological polar surface area (TPSA) is 42.3 Å². The minimum atomic E-state index is -3.58. The Labute approximate surface area is 287 Å². The summed E-state index contributed by atoms with van der Waals surface area (Å²) < 4.78 is 28.7. The molecule has 0 saturated carbocycles. The van der Waals surface area contributed by atoms with Crippen molar-refractivity contribution in [1.82, 2.24) is 4.57 Å². The van der Waals surface area contributed by atoms with E-state index in [-0.39, 0.29) is 4.90 Å². The first-order valence-electron chi connectivity index (χ1n) is 16.4. The monoisotopic (exact) mass is 654 g/mol. The average Bonchev–Trinajstić information content (AvgIpc) is 3.48. The van der Waals surface area contributed by atoms with Crippen molar-refractivity contribution in [3.8, 4) is 16.8 Å². The number of para-hydroxylation sites is 3. The lowest BCUT2D eigenvalue weighted by atomic mass is 9.95. The van der Waals surface area contributed by atoms with Crippen molar-refractivity contribution in [3.05, 3.63) is 181 Å². The maximum absolute atomic E-state index is 13.2. The van der Waals surface area contributed by atoms with Crippen LogP contribution in [-0.4, -0.2) is 13.0 Å². The molecule has 7 aromatic carbocycles. The maximum atomic E-state index is 13.2. The molecule has 0 radical (unpaired) electrons. The zero-order chi connectivity index (χ0) is 33.5. The number of aromatic nitrogens is 1. The number of fused-ring (bicyclic) bond motifs is 3. The van der Waals surface area contributed by atoms with Gasteiger partial charge in [-0.3, -0.25) is 0 Å². The van der Waals surface area contributed by atoms with Crippen LogP contribution in [0.2, 0.25) is 0 Å². The van der Waals surface area contributed by atoms with Gasteiger partial charge in [-0.05, 0) is 115 Å². The van der Waals surface area contributed by atoms with Crippen LogP contribution < -0.4 is 4.90 Å². The van der Waals surface area contributed by atoms with Crippen LogP contribution in [-0.2, 0) is 9.84 Å². The SMILES string of the molecule is Cc1c(-c2ccc(S(=O)(=O)c3ccccc3)cc2)ccc(-n2c3ccccc3c3cc(N(c4ccccc4)c4ccccc4)ccc32)c1C. The lowest BCUT2D eigenvalue weighted by Crippen LogP contribution is -2.09. The molecule has 0 fully saturated rings. The molecule has 1 heterocycles. The van der Waals surface area contributed by atoms with Crippen molar-refractivity contribution in [2.75, 3.05) is 4.90 Å². The average molecular weight is 655 g/mol. The molecule has 0 unspecified atom stereocenters. The molecule has 5 heteroatoms. The van der Waals surface area contributed by atoms with E-state index < -0.39 is 9.84 Å². The summed E-state index contributed by atoms with van der Waals surface area (Å²) in [5.74, 6) is 0.